The van der Waals surface area contributed by atoms with Crippen LogP contribution in [0.3, 0.4) is 0 Å². The molecular weight excluding hydrogens is 505 g/mol. The number of aromatic nitrogens is 1. The lowest BCUT2D eigenvalue weighted by molar-refractivity contribution is -0.136. The molecule has 0 amide bonds. The van der Waals surface area contributed by atoms with Crippen molar-refractivity contribution in [2.75, 3.05) is 7.05 Å². The number of aryl methyl sites for hydroxylation is 1. The van der Waals surface area contributed by atoms with E-state index in [1.54, 1.807) is 6.07 Å². The van der Waals surface area contributed by atoms with Crippen LogP contribution in [-0.2, 0) is 24.3 Å². The summed E-state index contributed by atoms with van der Waals surface area (Å²) < 4.78 is 13.9. The largest absolute Gasteiger partial charge is 0.494 e. The second-order valence-electron chi connectivity index (χ2n) is 9.91. The standard InChI is InChI=1S/C33H30FN3O3/c1-37(20-23-5-3-2-4-6-23)21-24-9-15-27(16-10-24)35-32(25-12-7-22(8-13-25)11-18-30(38)39)31-28-17-14-26(34)19-29(28)36-33(31)40/h2-10,12-17,19,36,40H,11,18,20-21H2,1H3,(H,38,39). The van der Waals surface area contributed by atoms with Crippen LogP contribution in [0, 0.1) is 5.82 Å². The molecule has 0 saturated carbocycles. The zero-order chi connectivity index (χ0) is 28.1. The van der Waals surface area contributed by atoms with Gasteiger partial charge in [-0.1, -0.05) is 66.7 Å². The number of hydrogen-bond acceptors (Lipinski definition) is 4. The van der Waals surface area contributed by atoms with Crippen LogP contribution in [0.5, 0.6) is 5.88 Å². The van der Waals surface area contributed by atoms with Crippen molar-refractivity contribution >= 4 is 28.3 Å². The third kappa shape index (κ3) is 6.45. The Kier molecular flexibility index (Phi) is 8.03. The van der Waals surface area contributed by atoms with Crippen molar-refractivity contribution < 1.29 is 19.4 Å². The summed E-state index contributed by atoms with van der Waals surface area (Å²) in [6.07, 6.45) is 0.460. The Morgan fingerprint density at radius 1 is 0.875 bits per heavy atom. The van der Waals surface area contributed by atoms with Gasteiger partial charge in [-0.3, -0.25) is 9.69 Å². The van der Waals surface area contributed by atoms with E-state index in [1.807, 2.05) is 66.7 Å². The molecule has 1 heterocycles. The molecule has 5 rings (SSSR count). The Bertz CT molecular complexity index is 1640. The van der Waals surface area contributed by atoms with Crippen LogP contribution in [0.15, 0.2) is 102 Å². The predicted octanol–water partition coefficient (Wildman–Crippen LogP) is 6.83. The topological polar surface area (TPSA) is 88.9 Å². The maximum absolute atomic E-state index is 13.9. The number of carboxylic acids is 1. The maximum Gasteiger partial charge on any atom is 0.303 e. The highest BCUT2D eigenvalue weighted by Gasteiger charge is 2.19. The number of nitrogens with one attached hydrogen (secondary N) is 1. The number of aliphatic carboxylic acids is 1. The van der Waals surface area contributed by atoms with Crippen LogP contribution in [-0.4, -0.2) is 38.8 Å². The third-order valence-corrected chi connectivity index (χ3v) is 6.76. The van der Waals surface area contributed by atoms with Crippen LogP contribution in [0.4, 0.5) is 10.1 Å². The SMILES string of the molecule is CN(Cc1ccccc1)Cc1ccc(N=C(c2ccc(CCC(=O)O)cc2)c2c(O)[nH]c3cc(F)ccc23)cc1. The molecule has 0 aliphatic rings. The maximum atomic E-state index is 13.9. The highest BCUT2D eigenvalue weighted by molar-refractivity contribution is 6.21. The lowest BCUT2D eigenvalue weighted by Gasteiger charge is -2.17. The smallest absolute Gasteiger partial charge is 0.303 e. The molecule has 3 N–H and O–H groups in total. The third-order valence-electron chi connectivity index (χ3n) is 6.76. The van der Waals surface area contributed by atoms with E-state index in [-0.39, 0.29) is 12.3 Å². The van der Waals surface area contributed by atoms with E-state index in [0.29, 0.717) is 34.3 Å². The molecule has 4 aromatic carbocycles. The van der Waals surface area contributed by atoms with Crippen LogP contribution < -0.4 is 0 Å². The van der Waals surface area contributed by atoms with Crippen LogP contribution in [0.25, 0.3) is 10.9 Å². The minimum atomic E-state index is -0.850. The van der Waals surface area contributed by atoms with E-state index in [1.165, 1.54) is 17.7 Å². The Morgan fingerprint density at radius 3 is 2.20 bits per heavy atom. The normalized spacial score (nSPS) is 11.8. The first-order chi connectivity index (χ1) is 19.4. The van der Waals surface area contributed by atoms with E-state index in [0.717, 1.165) is 29.8 Å². The van der Waals surface area contributed by atoms with E-state index in [2.05, 4.69) is 29.1 Å². The van der Waals surface area contributed by atoms with Crippen molar-refractivity contribution in [1.29, 1.82) is 0 Å². The lowest BCUT2D eigenvalue weighted by atomic mass is 9.98. The second-order valence-corrected chi connectivity index (χ2v) is 9.91. The van der Waals surface area contributed by atoms with Crippen molar-refractivity contribution in [3.63, 3.8) is 0 Å². The Morgan fingerprint density at radius 2 is 1.52 bits per heavy atom. The number of halogens is 1. The average molecular weight is 536 g/mol. The zero-order valence-corrected chi connectivity index (χ0v) is 22.1. The predicted molar refractivity (Wildman–Crippen MR) is 156 cm³/mol. The van der Waals surface area contributed by atoms with Crippen molar-refractivity contribution in [2.45, 2.75) is 25.9 Å². The Labute approximate surface area is 232 Å². The number of H-pyrrole nitrogens is 1. The number of aromatic hydroxyl groups is 1. The summed E-state index contributed by atoms with van der Waals surface area (Å²) in [5, 5.41) is 20.5. The molecule has 0 aliphatic heterocycles. The number of carbonyl (C=O) groups is 1. The summed E-state index contributed by atoms with van der Waals surface area (Å²) in [5.41, 5.74) is 6.20. The highest BCUT2D eigenvalue weighted by Crippen LogP contribution is 2.32. The Balaban J connectivity index is 1.46. The number of benzene rings is 4. The summed E-state index contributed by atoms with van der Waals surface area (Å²) >= 11 is 0. The number of nitrogens with zero attached hydrogens (tertiary/aromatic N) is 2. The molecule has 0 aliphatic carbocycles. The molecule has 0 saturated heterocycles. The van der Waals surface area contributed by atoms with E-state index >= 15 is 0 Å². The monoisotopic (exact) mass is 535 g/mol. The fraction of sp³-hybridized carbons (Fsp3) is 0.152. The van der Waals surface area contributed by atoms with Crippen molar-refractivity contribution in [2.24, 2.45) is 4.99 Å². The molecule has 40 heavy (non-hydrogen) atoms. The van der Waals surface area contributed by atoms with Gasteiger partial charge in [-0.15, -0.1) is 0 Å². The Hall–Kier alpha value is -4.75. The fourth-order valence-corrected chi connectivity index (χ4v) is 4.81. The minimum Gasteiger partial charge on any atom is -0.494 e. The number of carboxylic acid groups (broad SMARTS) is 1. The molecule has 0 spiro atoms. The first-order valence-electron chi connectivity index (χ1n) is 13.1. The second kappa shape index (κ2) is 12.0. The van der Waals surface area contributed by atoms with Gasteiger partial charge in [0.2, 0.25) is 0 Å². The van der Waals surface area contributed by atoms with Gasteiger partial charge in [-0.25, -0.2) is 9.38 Å². The van der Waals surface area contributed by atoms with E-state index in [9.17, 15) is 14.3 Å². The van der Waals surface area contributed by atoms with Gasteiger partial charge in [-0.05, 0) is 60.5 Å². The van der Waals surface area contributed by atoms with E-state index in [4.69, 9.17) is 10.1 Å². The number of aromatic amines is 1. The molecule has 0 unspecified atom stereocenters. The fourth-order valence-electron chi connectivity index (χ4n) is 4.81. The summed E-state index contributed by atoms with van der Waals surface area (Å²) in [7, 11) is 2.08. The number of rotatable bonds is 10. The molecule has 1 aromatic heterocycles. The number of aliphatic imine (C=N–C) groups is 1. The van der Waals surface area contributed by atoms with Crippen LogP contribution in [0.2, 0.25) is 0 Å². The van der Waals surface area contributed by atoms with Gasteiger partial charge in [0.05, 0.1) is 22.5 Å². The number of hydrogen-bond donors (Lipinski definition) is 3. The molecule has 5 aromatic rings. The molecule has 0 atom stereocenters. The molecule has 7 heteroatoms. The van der Waals surface area contributed by atoms with Gasteiger partial charge in [0.1, 0.15) is 5.82 Å². The first kappa shape index (κ1) is 26.8. The van der Waals surface area contributed by atoms with Gasteiger partial charge in [0.15, 0.2) is 5.88 Å². The highest BCUT2D eigenvalue weighted by atomic mass is 19.1. The van der Waals surface area contributed by atoms with Crippen molar-refractivity contribution in [1.82, 2.24) is 9.88 Å². The molecule has 0 radical (unpaired) electrons. The van der Waals surface area contributed by atoms with Gasteiger partial charge in [0, 0.05) is 30.5 Å². The molecule has 6 nitrogen and oxygen atoms in total. The van der Waals surface area contributed by atoms with Gasteiger partial charge in [-0.2, -0.15) is 0 Å². The lowest BCUT2D eigenvalue weighted by Crippen LogP contribution is -2.17. The summed E-state index contributed by atoms with van der Waals surface area (Å²) in [5.74, 6) is -1.36. The summed E-state index contributed by atoms with van der Waals surface area (Å²) in [6, 6.07) is 30.1. The molecule has 202 valence electrons. The summed E-state index contributed by atoms with van der Waals surface area (Å²) in [6.45, 7) is 1.62. The van der Waals surface area contributed by atoms with Crippen LogP contribution >= 0.6 is 0 Å². The molecule has 0 bridgehead atoms. The van der Waals surface area contributed by atoms with Gasteiger partial charge >= 0.3 is 5.97 Å². The quantitative estimate of drug-likeness (QED) is 0.171. The average Bonchev–Trinajstić information content (AvgIpc) is 3.26. The minimum absolute atomic E-state index is 0.0436. The molecule has 0 fully saturated rings. The van der Waals surface area contributed by atoms with Gasteiger partial charge < -0.3 is 15.2 Å². The van der Waals surface area contributed by atoms with E-state index < -0.39 is 11.8 Å². The van der Waals surface area contributed by atoms with Crippen LogP contribution in [0.1, 0.15) is 34.2 Å². The van der Waals surface area contributed by atoms with Gasteiger partial charge in [0.25, 0.3) is 0 Å². The zero-order valence-electron chi connectivity index (χ0n) is 22.1. The van der Waals surface area contributed by atoms with Crippen molar-refractivity contribution in [3.8, 4) is 5.88 Å². The molecular formula is C33H30FN3O3. The number of fused-ring (bicyclic) bond motifs is 1. The van der Waals surface area contributed by atoms with Crippen molar-refractivity contribution in [3.05, 3.63) is 131 Å². The first-order valence-corrected chi connectivity index (χ1v) is 13.1. The summed E-state index contributed by atoms with van der Waals surface area (Å²) in [4.78, 5) is 21.0.